The highest BCUT2D eigenvalue weighted by molar-refractivity contribution is 5.92. The highest BCUT2D eigenvalue weighted by Crippen LogP contribution is 2.21. The molecule has 0 saturated carbocycles. The Bertz CT molecular complexity index is 696. The normalized spacial score (nSPS) is 11.7. The average molecular weight is 312 g/mol. The molecule has 120 valence electrons. The van der Waals surface area contributed by atoms with E-state index < -0.39 is 4.92 Å². The first-order valence-corrected chi connectivity index (χ1v) is 7.63. The van der Waals surface area contributed by atoms with Crippen molar-refractivity contribution >= 4 is 17.3 Å². The first-order chi connectivity index (χ1) is 11.0. The fourth-order valence-electron chi connectivity index (χ4n) is 2.35. The third-order valence-electron chi connectivity index (χ3n) is 3.92. The zero-order valence-corrected chi connectivity index (χ0v) is 13.3. The van der Waals surface area contributed by atoms with Crippen LogP contribution in [0.15, 0.2) is 48.5 Å². The van der Waals surface area contributed by atoms with Gasteiger partial charge in [-0.15, -0.1) is 0 Å². The predicted octanol–water partition coefficient (Wildman–Crippen LogP) is 4.29. The number of nitrogens with one attached hydrogen (secondary N) is 1. The van der Waals surface area contributed by atoms with Crippen molar-refractivity contribution in [2.24, 2.45) is 0 Å². The number of nitrogens with zero attached hydrogens (tertiary/aromatic N) is 1. The number of rotatable bonds is 6. The summed E-state index contributed by atoms with van der Waals surface area (Å²) in [5.74, 6) is 0.210. The van der Waals surface area contributed by atoms with E-state index in [4.69, 9.17) is 0 Å². The van der Waals surface area contributed by atoms with Gasteiger partial charge in [-0.1, -0.05) is 44.2 Å². The Hall–Kier alpha value is -2.69. The number of nitro benzene ring substituents is 1. The van der Waals surface area contributed by atoms with Gasteiger partial charge in [-0.3, -0.25) is 14.9 Å². The number of anilines is 1. The molecular formula is C18H20N2O3. The predicted molar refractivity (Wildman–Crippen MR) is 90.6 cm³/mol. The summed E-state index contributed by atoms with van der Waals surface area (Å²) in [6.45, 7) is 4.29. The molecule has 0 radical (unpaired) electrons. The van der Waals surface area contributed by atoms with E-state index in [1.807, 2.05) is 24.3 Å². The summed E-state index contributed by atoms with van der Waals surface area (Å²) in [6.07, 6.45) is 1.04. The van der Waals surface area contributed by atoms with Gasteiger partial charge in [-0.25, -0.2) is 0 Å². The maximum absolute atomic E-state index is 12.1. The van der Waals surface area contributed by atoms with Gasteiger partial charge in [0.05, 0.1) is 11.3 Å². The maximum atomic E-state index is 12.1. The number of nitro groups is 1. The van der Waals surface area contributed by atoms with E-state index in [9.17, 15) is 14.9 Å². The molecule has 2 aromatic rings. The smallest absolute Gasteiger partial charge is 0.273 e. The Morgan fingerprint density at radius 3 is 2.43 bits per heavy atom. The molecule has 0 fully saturated rings. The van der Waals surface area contributed by atoms with Crippen LogP contribution in [-0.4, -0.2) is 10.8 Å². The van der Waals surface area contributed by atoms with Crippen molar-refractivity contribution < 1.29 is 9.72 Å². The van der Waals surface area contributed by atoms with Crippen molar-refractivity contribution in [2.75, 3.05) is 5.32 Å². The standard InChI is InChI=1S/C18H20N2O3/c1-3-13(2)14-8-10-16(11-9-14)19-18(21)12-15-6-4-5-7-17(15)20(22)23/h4-11,13H,3,12H2,1-2H3,(H,19,21). The molecule has 0 heterocycles. The molecule has 0 aromatic heterocycles. The van der Waals surface area contributed by atoms with Gasteiger partial charge in [0.25, 0.3) is 5.69 Å². The summed E-state index contributed by atoms with van der Waals surface area (Å²) < 4.78 is 0. The van der Waals surface area contributed by atoms with Gasteiger partial charge in [-0.05, 0) is 30.0 Å². The van der Waals surface area contributed by atoms with Gasteiger partial charge in [0.15, 0.2) is 0 Å². The average Bonchev–Trinajstić information content (AvgIpc) is 2.55. The fraction of sp³-hybridized carbons (Fsp3) is 0.278. The van der Waals surface area contributed by atoms with Crippen molar-refractivity contribution in [3.63, 3.8) is 0 Å². The van der Waals surface area contributed by atoms with E-state index in [1.165, 1.54) is 11.6 Å². The van der Waals surface area contributed by atoms with Crippen molar-refractivity contribution in [3.05, 3.63) is 69.8 Å². The Morgan fingerprint density at radius 2 is 1.83 bits per heavy atom. The van der Waals surface area contributed by atoms with Gasteiger partial charge in [-0.2, -0.15) is 0 Å². The van der Waals surface area contributed by atoms with E-state index in [-0.39, 0.29) is 18.0 Å². The minimum atomic E-state index is -0.469. The van der Waals surface area contributed by atoms with Crippen LogP contribution in [0.25, 0.3) is 0 Å². The lowest BCUT2D eigenvalue weighted by atomic mass is 9.98. The molecule has 1 atom stereocenters. The summed E-state index contributed by atoms with van der Waals surface area (Å²) in [5.41, 5.74) is 2.30. The monoisotopic (exact) mass is 312 g/mol. The molecule has 1 N–H and O–H groups in total. The quantitative estimate of drug-likeness (QED) is 0.639. The lowest BCUT2D eigenvalue weighted by Gasteiger charge is -2.10. The van der Waals surface area contributed by atoms with E-state index >= 15 is 0 Å². The van der Waals surface area contributed by atoms with Crippen LogP contribution in [0.5, 0.6) is 0 Å². The van der Waals surface area contributed by atoms with E-state index in [0.717, 1.165) is 6.42 Å². The third-order valence-corrected chi connectivity index (χ3v) is 3.92. The second-order valence-electron chi connectivity index (χ2n) is 5.54. The van der Waals surface area contributed by atoms with Crippen LogP contribution in [-0.2, 0) is 11.2 Å². The largest absolute Gasteiger partial charge is 0.326 e. The summed E-state index contributed by atoms with van der Waals surface area (Å²) >= 11 is 0. The molecule has 0 aliphatic carbocycles. The molecule has 2 rings (SSSR count). The Kier molecular flexibility index (Phi) is 5.46. The minimum absolute atomic E-state index is 0.0235. The minimum Gasteiger partial charge on any atom is -0.326 e. The number of para-hydroxylation sites is 1. The van der Waals surface area contributed by atoms with Crippen molar-refractivity contribution in [1.29, 1.82) is 0 Å². The van der Waals surface area contributed by atoms with Crippen molar-refractivity contribution in [1.82, 2.24) is 0 Å². The van der Waals surface area contributed by atoms with Crippen LogP contribution < -0.4 is 5.32 Å². The maximum Gasteiger partial charge on any atom is 0.273 e. The first kappa shape index (κ1) is 16.7. The topological polar surface area (TPSA) is 72.2 Å². The molecule has 0 aliphatic heterocycles. The number of hydrogen-bond acceptors (Lipinski definition) is 3. The highest BCUT2D eigenvalue weighted by atomic mass is 16.6. The van der Waals surface area contributed by atoms with Crippen LogP contribution in [0, 0.1) is 10.1 Å². The molecule has 1 unspecified atom stereocenters. The van der Waals surface area contributed by atoms with E-state index in [0.29, 0.717) is 17.2 Å². The number of amides is 1. The third kappa shape index (κ3) is 4.39. The van der Waals surface area contributed by atoms with Crippen molar-refractivity contribution in [2.45, 2.75) is 32.6 Å². The molecule has 1 amide bonds. The molecule has 5 heteroatoms. The zero-order valence-electron chi connectivity index (χ0n) is 13.3. The van der Waals surface area contributed by atoms with Gasteiger partial charge in [0.1, 0.15) is 0 Å². The number of carbonyl (C=O) groups is 1. The molecule has 0 bridgehead atoms. The molecule has 5 nitrogen and oxygen atoms in total. The van der Waals surface area contributed by atoms with Crippen LogP contribution in [0.4, 0.5) is 11.4 Å². The fourth-order valence-corrected chi connectivity index (χ4v) is 2.35. The van der Waals surface area contributed by atoms with Crippen LogP contribution >= 0.6 is 0 Å². The van der Waals surface area contributed by atoms with Gasteiger partial charge in [0, 0.05) is 17.3 Å². The van der Waals surface area contributed by atoms with Crippen molar-refractivity contribution in [3.8, 4) is 0 Å². The molecule has 23 heavy (non-hydrogen) atoms. The summed E-state index contributed by atoms with van der Waals surface area (Å²) in [5, 5.41) is 13.7. The molecule has 0 saturated heterocycles. The summed E-state index contributed by atoms with van der Waals surface area (Å²) in [6, 6.07) is 14.0. The number of hydrogen-bond donors (Lipinski definition) is 1. The number of benzene rings is 2. The Balaban J connectivity index is 2.04. The zero-order chi connectivity index (χ0) is 16.8. The van der Waals surface area contributed by atoms with Gasteiger partial charge >= 0.3 is 0 Å². The van der Waals surface area contributed by atoms with Crippen LogP contribution in [0.3, 0.4) is 0 Å². The van der Waals surface area contributed by atoms with E-state index in [2.05, 4.69) is 19.2 Å². The second-order valence-corrected chi connectivity index (χ2v) is 5.54. The molecule has 2 aromatic carbocycles. The van der Waals surface area contributed by atoms with E-state index in [1.54, 1.807) is 18.2 Å². The second kappa shape index (κ2) is 7.54. The molecule has 0 aliphatic rings. The SMILES string of the molecule is CCC(C)c1ccc(NC(=O)Cc2ccccc2[N+](=O)[O-])cc1. The van der Waals surface area contributed by atoms with Crippen LogP contribution in [0.2, 0.25) is 0 Å². The highest BCUT2D eigenvalue weighted by Gasteiger charge is 2.15. The molecular weight excluding hydrogens is 292 g/mol. The van der Waals surface area contributed by atoms with Crippen LogP contribution in [0.1, 0.15) is 37.3 Å². The molecule has 0 spiro atoms. The Morgan fingerprint density at radius 1 is 1.17 bits per heavy atom. The lowest BCUT2D eigenvalue weighted by molar-refractivity contribution is -0.385. The first-order valence-electron chi connectivity index (χ1n) is 7.63. The van der Waals surface area contributed by atoms with Gasteiger partial charge < -0.3 is 5.32 Å². The van der Waals surface area contributed by atoms with Gasteiger partial charge in [0.2, 0.25) is 5.91 Å². The Labute approximate surface area is 135 Å². The summed E-state index contributed by atoms with van der Waals surface area (Å²) in [7, 11) is 0. The summed E-state index contributed by atoms with van der Waals surface area (Å²) in [4.78, 5) is 22.6. The number of carbonyl (C=O) groups excluding carboxylic acids is 1. The lowest BCUT2D eigenvalue weighted by Crippen LogP contribution is -2.15.